The van der Waals surface area contributed by atoms with Crippen LogP contribution in [0.15, 0.2) is 40.6 Å². The van der Waals surface area contributed by atoms with Gasteiger partial charge < -0.3 is 9.47 Å². The molecule has 26 heavy (non-hydrogen) atoms. The van der Waals surface area contributed by atoms with Crippen LogP contribution in [0.2, 0.25) is 0 Å². The number of thioether (sulfide) groups is 2. The number of aromatic nitrogens is 3. The Bertz CT molecular complexity index is 793. The highest BCUT2D eigenvalue weighted by atomic mass is 32.2. The summed E-state index contributed by atoms with van der Waals surface area (Å²) >= 11 is 2.96. The fourth-order valence-corrected chi connectivity index (χ4v) is 4.50. The number of carbonyl (C=O) groups is 2. The zero-order chi connectivity index (χ0) is 18.5. The van der Waals surface area contributed by atoms with E-state index in [2.05, 4.69) is 10.2 Å². The first-order valence-corrected chi connectivity index (χ1v) is 10.7. The molecule has 2 aromatic rings. The average molecular weight is 391 g/mol. The highest BCUT2D eigenvalue weighted by Gasteiger charge is 2.30. The van der Waals surface area contributed by atoms with Crippen molar-refractivity contribution in [1.29, 1.82) is 0 Å². The molecule has 1 fully saturated rings. The Morgan fingerprint density at radius 2 is 2.12 bits per heavy atom. The number of piperidine rings is 1. The lowest BCUT2D eigenvalue weighted by Gasteiger charge is -2.32. The van der Waals surface area contributed by atoms with Crippen molar-refractivity contribution in [1.82, 2.24) is 19.7 Å². The van der Waals surface area contributed by atoms with Crippen molar-refractivity contribution < 1.29 is 9.59 Å². The summed E-state index contributed by atoms with van der Waals surface area (Å²) in [4.78, 5) is 28.3. The summed E-state index contributed by atoms with van der Waals surface area (Å²) in [6, 6.07) is 7.71. The first kappa shape index (κ1) is 19.0. The van der Waals surface area contributed by atoms with Gasteiger partial charge in [0.1, 0.15) is 6.33 Å². The summed E-state index contributed by atoms with van der Waals surface area (Å²) in [5, 5.41) is 8.52. The number of ketones is 1. The number of hydrogen-bond donors (Lipinski definition) is 0. The van der Waals surface area contributed by atoms with Gasteiger partial charge in [-0.1, -0.05) is 30.0 Å². The molecule has 1 saturated heterocycles. The van der Waals surface area contributed by atoms with E-state index in [1.165, 1.54) is 11.8 Å². The van der Waals surface area contributed by atoms with Crippen LogP contribution in [0.1, 0.15) is 23.2 Å². The number of carbonyl (C=O) groups excluding carboxylic acids is 2. The van der Waals surface area contributed by atoms with Gasteiger partial charge in [0.05, 0.1) is 5.75 Å². The minimum absolute atomic E-state index is 0.0497. The topological polar surface area (TPSA) is 68.1 Å². The lowest BCUT2D eigenvalue weighted by molar-refractivity contribution is -0.129. The van der Waals surface area contributed by atoms with Crippen molar-refractivity contribution in [3.05, 3.63) is 36.2 Å². The molecule has 0 saturated carbocycles. The normalized spacial score (nSPS) is 17.3. The maximum Gasteiger partial charge on any atom is 0.233 e. The number of hydrogen-bond acceptors (Lipinski definition) is 6. The maximum absolute atomic E-state index is 13.0. The highest BCUT2D eigenvalue weighted by Crippen LogP contribution is 2.27. The molecule has 0 N–H and O–H groups in total. The Labute approximate surface area is 161 Å². The average Bonchev–Trinajstić information content (AvgIpc) is 3.10. The first-order valence-electron chi connectivity index (χ1n) is 8.52. The summed E-state index contributed by atoms with van der Waals surface area (Å²) < 4.78 is 1.79. The Balaban J connectivity index is 1.62. The van der Waals surface area contributed by atoms with Gasteiger partial charge in [-0.05, 0) is 25.2 Å². The van der Waals surface area contributed by atoms with Gasteiger partial charge >= 0.3 is 0 Å². The van der Waals surface area contributed by atoms with E-state index in [9.17, 15) is 9.59 Å². The highest BCUT2D eigenvalue weighted by molar-refractivity contribution is 7.99. The minimum atomic E-state index is -0.124. The predicted molar refractivity (Wildman–Crippen MR) is 104 cm³/mol. The number of amides is 1. The molecule has 1 aromatic carbocycles. The number of aryl methyl sites for hydroxylation is 1. The minimum Gasteiger partial charge on any atom is -0.341 e. The van der Waals surface area contributed by atoms with Gasteiger partial charge in [-0.25, -0.2) is 0 Å². The van der Waals surface area contributed by atoms with Gasteiger partial charge in [0.2, 0.25) is 5.91 Å². The molecule has 1 aliphatic rings. The van der Waals surface area contributed by atoms with E-state index in [1.807, 2.05) is 42.5 Å². The molecule has 0 aliphatic carbocycles. The lowest BCUT2D eigenvalue weighted by atomic mass is 9.90. The van der Waals surface area contributed by atoms with Crippen LogP contribution in [0.25, 0.3) is 0 Å². The summed E-state index contributed by atoms with van der Waals surface area (Å²) in [7, 11) is 1.85. The Kier molecular flexibility index (Phi) is 6.37. The van der Waals surface area contributed by atoms with Gasteiger partial charge in [-0.15, -0.1) is 22.0 Å². The Morgan fingerprint density at radius 3 is 2.85 bits per heavy atom. The van der Waals surface area contributed by atoms with Gasteiger partial charge in [-0.3, -0.25) is 9.59 Å². The van der Waals surface area contributed by atoms with Crippen molar-refractivity contribution in [2.45, 2.75) is 22.9 Å². The number of Topliss-reactive ketones (excluding diaryl/α,β-unsaturated/α-hetero) is 1. The molecule has 0 bridgehead atoms. The molecule has 1 atom stereocenters. The zero-order valence-electron chi connectivity index (χ0n) is 14.9. The largest absolute Gasteiger partial charge is 0.341 e. The third-order valence-electron chi connectivity index (χ3n) is 4.51. The molecule has 0 unspecified atom stereocenters. The molecule has 138 valence electrons. The van der Waals surface area contributed by atoms with Gasteiger partial charge in [0.25, 0.3) is 0 Å². The second-order valence-corrected chi connectivity index (χ2v) is 8.05. The molecule has 6 nitrogen and oxygen atoms in total. The SMILES string of the molecule is CSc1ccccc1C(=O)[C@H]1CCCN(C(=O)CSc2nncn2C)C1. The molecule has 1 aromatic heterocycles. The Hall–Kier alpha value is -1.80. The zero-order valence-corrected chi connectivity index (χ0v) is 16.6. The molecule has 1 aliphatic heterocycles. The second-order valence-electron chi connectivity index (χ2n) is 6.26. The summed E-state index contributed by atoms with van der Waals surface area (Å²) in [6.07, 6.45) is 5.29. The first-order chi connectivity index (χ1) is 12.6. The van der Waals surface area contributed by atoms with E-state index < -0.39 is 0 Å². The molecule has 1 amide bonds. The number of benzene rings is 1. The number of nitrogens with zero attached hydrogens (tertiary/aromatic N) is 4. The third kappa shape index (κ3) is 4.29. The van der Waals surface area contributed by atoms with Crippen LogP contribution >= 0.6 is 23.5 Å². The van der Waals surface area contributed by atoms with Crippen molar-refractivity contribution >= 4 is 35.2 Å². The van der Waals surface area contributed by atoms with E-state index in [0.717, 1.165) is 28.5 Å². The second kappa shape index (κ2) is 8.73. The van der Waals surface area contributed by atoms with Crippen LogP contribution in [-0.2, 0) is 11.8 Å². The predicted octanol–water partition coefficient (Wildman–Crippen LogP) is 2.75. The summed E-state index contributed by atoms with van der Waals surface area (Å²) in [5.41, 5.74) is 0.771. The van der Waals surface area contributed by atoms with Crippen LogP contribution in [0.5, 0.6) is 0 Å². The molecule has 0 spiro atoms. The number of rotatable bonds is 6. The van der Waals surface area contributed by atoms with Crippen LogP contribution in [0.3, 0.4) is 0 Å². The van der Waals surface area contributed by atoms with E-state index >= 15 is 0 Å². The van der Waals surface area contributed by atoms with Crippen molar-refractivity contribution in [3.63, 3.8) is 0 Å². The van der Waals surface area contributed by atoms with E-state index in [4.69, 9.17) is 0 Å². The Morgan fingerprint density at radius 1 is 1.31 bits per heavy atom. The van der Waals surface area contributed by atoms with Crippen LogP contribution in [0, 0.1) is 5.92 Å². The smallest absolute Gasteiger partial charge is 0.233 e. The van der Waals surface area contributed by atoms with Gasteiger partial charge in [-0.2, -0.15) is 0 Å². The molecular weight excluding hydrogens is 368 g/mol. The van der Waals surface area contributed by atoms with Gasteiger partial charge in [0, 0.05) is 36.5 Å². The van der Waals surface area contributed by atoms with Crippen LogP contribution in [-0.4, -0.2) is 56.5 Å². The molecule has 0 radical (unpaired) electrons. The van der Waals surface area contributed by atoms with E-state index in [0.29, 0.717) is 18.8 Å². The molecule has 3 rings (SSSR count). The fourth-order valence-electron chi connectivity index (χ4n) is 3.11. The maximum atomic E-state index is 13.0. The van der Waals surface area contributed by atoms with Crippen molar-refractivity contribution in [3.8, 4) is 0 Å². The van der Waals surface area contributed by atoms with Crippen LogP contribution < -0.4 is 0 Å². The quantitative estimate of drug-likeness (QED) is 0.558. The molecule has 8 heteroatoms. The van der Waals surface area contributed by atoms with Crippen molar-refractivity contribution in [2.75, 3.05) is 25.1 Å². The monoisotopic (exact) mass is 390 g/mol. The molecular formula is C18H22N4O2S2. The summed E-state index contributed by atoms with van der Waals surface area (Å²) in [6.45, 7) is 1.21. The fraction of sp³-hybridized carbons (Fsp3) is 0.444. The van der Waals surface area contributed by atoms with E-state index in [-0.39, 0.29) is 17.6 Å². The van der Waals surface area contributed by atoms with Gasteiger partial charge in [0.15, 0.2) is 10.9 Å². The third-order valence-corrected chi connectivity index (χ3v) is 6.33. The lowest BCUT2D eigenvalue weighted by Crippen LogP contribution is -2.43. The van der Waals surface area contributed by atoms with Crippen LogP contribution in [0.4, 0.5) is 0 Å². The van der Waals surface area contributed by atoms with E-state index in [1.54, 1.807) is 22.7 Å². The standard InChI is InChI=1S/C18H22N4O2S2/c1-21-12-19-20-18(21)26-11-16(23)22-9-5-6-13(10-22)17(24)14-7-3-4-8-15(14)25-2/h3-4,7-8,12-13H,5-6,9-11H2,1-2H3/t13-/m0/s1. The molecule has 2 heterocycles. The number of likely N-dealkylation sites (tertiary alicyclic amines) is 1. The summed E-state index contributed by atoms with van der Waals surface area (Å²) in [5.74, 6) is 0.386. The van der Waals surface area contributed by atoms with Crippen molar-refractivity contribution in [2.24, 2.45) is 13.0 Å².